The van der Waals surface area contributed by atoms with Crippen LogP contribution in [-0.4, -0.2) is 66.5 Å². The molecule has 12 heteroatoms. The number of phosphoric ester groups is 1. The summed E-state index contributed by atoms with van der Waals surface area (Å²) in [5.41, 5.74) is 0. The summed E-state index contributed by atoms with van der Waals surface area (Å²) in [6, 6.07) is 0. The van der Waals surface area contributed by atoms with Gasteiger partial charge in [-0.3, -0.25) is 23.4 Å². The Bertz CT molecular complexity index is 1780. The average molecular weight is 1200 g/mol. The highest BCUT2D eigenvalue weighted by Crippen LogP contribution is 2.43. The SMILES string of the molecule is CC/C=C\C/C=C\C/C=C\C/C=C\CCCCCCCCC(=O)OC(COC(=O)CCCCCCCCCCC/C=C\CCCCCCCC)COP(=O)(O)OCC(CO)OC(=O)CCCCCCCC/C=C\C/C=C\C/C=C\CCCCC. The number of carbonyl (C=O) groups is 3. The van der Waals surface area contributed by atoms with Gasteiger partial charge in [-0.15, -0.1) is 0 Å². The Kier molecular flexibility index (Phi) is 62.6. The lowest BCUT2D eigenvalue weighted by atomic mass is 10.1. The van der Waals surface area contributed by atoms with Crippen LogP contribution in [0.25, 0.3) is 0 Å². The molecule has 0 heterocycles. The zero-order valence-electron chi connectivity index (χ0n) is 53.8. The number of esters is 3. The largest absolute Gasteiger partial charge is 0.472 e. The molecule has 0 spiro atoms. The van der Waals surface area contributed by atoms with E-state index < -0.39 is 57.8 Å². The minimum atomic E-state index is -4.77. The quantitative estimate of drug-likeness (QED) is 0.0197. The maximum absolute atomic E-state index is 13.0. The molecule has 0 aliphatic carbocycles. The van der Waals surface area contributed by atoms with E-state index >= 15 is 0 Å². The van der Waals surface area contributed by atoms with Crippen LogP contribution in [-0.2, 0) is 42.2 Å². The Morgan fingerprint density at radius 1 is 0.345 bits per heavy atom. The van der Waals surface area contributed by atoms with Crippen molar-refractivity contribution in [2.24, 2.45) is 0 Å². The van der Waals surface area contributed by atoms with Crippen LogP contribution in [0, 0.1) is 0 Å². The Labute approximate surface area is 514 Å². The highest BCUT2D eigenvalue weighted by molar-refractivity contribution is 7.47. The van der Waals surface area contributed by atoms with Crippen molar-refractivity contribution >= 4 is 25.7 Å². The van der Waals surface area contributed by atoms with Gasteiger partial charge in [0.2, 0.25) is 0 Å². The number of carbonyl (C=O) groups excluding carboxylic acids is 3. The van der Waals surface area contributed by atoms with Gasteiger partial charge in [0.05, 0.1) is 19.8 Å². The van der Waals surface area contributed by atoms with Gasteiger partial charge >= 0.3 is 25.7 Å². The fourth-order valence-corrected chi connectivity index (χ4v) is 10.1. The maximum atomic E-state index is 13.0. The summed E-state index contributed by atoms with van der Waals surface area (Å²) >= 11 is 0. The molecule has 2 N–H and O–H groups in total. The molecule has 0 aromatic carbocycles. The summed E-state index contributed by atoms with van der Waals surface area (Å²) in [4.78, 5) is 48.9. The van der Waals surface area contributed by atoms with E-state index in [9.17, 15) is 28.9 Å². The number of unbranched alkanes of at least 4 members (excludes halogenated alkanes) is 30. The lowest BCUT2D eigenvalue weighted by molar-refractivity contribution is -0.161. The molecule has 3 atom stereocenters. The standard InChI is InChI=1S/C72H125O11P/c1-4-7-10-13-16-19-22-25-28-31-34-37-40-43-46-49-52-55-58-61-70(74)79-65-69(83-72(76)63-60-57-54-51-48-45-42-39-36-33-30-27-24-21-18-15-12-9-6-3)67-81-84(77,78)80-66-68(64-73)82-71(75)62-59-56-53-50-47-44-41-38-35-32-29-26-23-20-17-14-11-8-5-2/h9,12,17-18,20-21,25-30,35-36,38-39,68-69,73H,4-8,10-11,13-16,19,22-24,31-34,37,40-67H2,1-3H3,(H,77,78)/b12-9-,20-17-,21-18-,28-25-,29-26-,30-27-,38-35-,39-36-. The monoisotopic (exact) mass is 1200 g/mol. The number of allylic oxidation sites excluding steroid dienone is 16. The number of rotatable bonds is 63. The van der Waals surface area contributed by atoms with Crippen LogP contribution < -0.4 is 0 Å². The Hall–Kier alpha value is -3.60. The second-order valence-corrected chi connectivity index (χ2v) is 24.1. The third-order valence-corrected chi connectivity index (χ3v) is 15.4. The number of aliphatic hydroxyl groups is 1. The molecule has 0 fully saturated rings. The van der Waals surface area contributed by atoms with Crippen LogP contribution >= 0.6 is 7.82 Å². The first kappa shape index (κ1) is 80.4. The number of hydrogen-bond donors (Lipinski definition) is 2. The van der Waals surface area contributed by atoms with Crippen LogP contribution in [0.4, 0.5) is 0 Å². The molecular weight excluding hydrogens is 1070 g/mol. The van der Waals surface area contributed by atoms with Crippen LogP contribution in [0.3, 0.4) is 0 Å². The van der Waals surface area contributed by atoms with Gasteiger partial charge in [-0.1, -0.05) is 259 Å². The molecule has 0 amide bonds. The molecule has 0 saturated heterocycles. The predicted octanol–water partition coefficient (Wildman–Crippen LogP) is 21.2. The van der Waals surface area contributed by atoms with Crippen molar-refractivity contribution in [2.45, 2.75) is 315 Å². The van der Waals surface area contributed by atoms with E-state index in [1.165, 1.54) is 109 Å². The highest BCUT2D eigenvalue weighted by Gasteiger charge is 2.28. The predicted molar refractivity (Wildman–Crippen MR) is 353 cm³/mol. The van der Waals surface area contributed by atoms with E-state index in [4.69, 9.17) is 23.3 Å². The fraction of sp³-hybridized carbons (Fsp3) is 0.736. The molecule has 0 aliphatic heterocycles. The van der Waals surface area contributed by atoms with Crippen LogP contribution in [0.2, 0.25) is 0 Å². The first-order valence-electron chi connectivity index (χ1n) is 34.1. The first-order valence-corrected chi connectivity index (χ1v) is 35.6. The van der Waals surface area contributed by atoms with E-state index in [2.05, 4.69) is 118 Å². The van der Waals surface area contributed by atoms with Crippen molar-refractivity contribution in [2.75, 3.05) is 26.4 Å². The van der Waals surface area contributed by atoms with E-state index in [1.807, 2.05) is 0 Å². The zero-order chi connectivity index (χ0) is 61.2. The molecule has 484 valence electrons. The molecule has 0 aromatic heterocycles. The molecular formula is C72H125O11P. The molecule has 0 aliphatic rings. The van der Waals surface area contributed by atoms with E-state index in [-0.39, 0.29) is 25.9 Å². The van der Waals surface area contributed by atoms with Gasteiger partial charge in [0.25, 0.3) is 0 Å². The summed E-state index contributed by atoms with van der Waals surface area (Å²) in [6.45, 7) is 4.51. The average Bonchev–Trinajstić information content (AvgIpc) is 3.53. The number of hydrogen-bond acceptors (Lipinski definition) is 10. The van der Waals surface area contributed by atoms with Gasteiger partial charge in [0.1, 0.15) is 12.7 Å². The second kappa shape index (κ2) is 65.4. The Morgan fingerprint density at radius 2 is 0.619 bits per heavy atom. The Balaban J connectivity index is 4.72. The Morgan fingerprint density at radius 3 is 0.988 bits per heavy atom. The summed E-state index contributed by atoms with van der Waals surface area (Å²) < 4.78 is 39.8. The summed E-state index contributed by atoms with van der Waals surface area (Å²) in [5.74, 6) is -1.49. The minimum Gasteiger partial charge on any atom is -0.462 e. The zero-order valence-corrected chi connectivity index (χ0v) is 54.7. The van der Waals surface area contributed by atoms with E-state index in [0.717, 1.165) is 135 Å². The van der Waals surface area contributed by atoms with Crippen molar-refractivity contribution in [3.63, 3.8) is 0 Å². The third-order valence-electron chi connectivity index (χ3n) is 14.5. The van der Waals surface area contributed by atoms with Crippen LogP contribution in [0.1, 0.15) is 303 Å². The van der Waals surface area contributed by atoms with Crippen LogP contribution in [0.15, 0.2) is 97.2 Å². The van der Waals surface area contributed by atoms with Crippen molar-refractivity contribution in [1.29, 1.82) is 0 Å². The maximum Gasteiger partial charge on any atom is 0.472 e. The molecule has 0 aromatic rings. The van der Waals surface area contributed by atoms with Gasteiger partial charge in [0, 0.05) is 19.3 Å². The molecule has 3 unspecified atom stereocenters. The summed E-state index contributed by atoms with van der Waals surface area (Å²) in [5, 5.41) is 9.88. The number of phosphoric acid groups is 1. The number of aliphatic hydroxyl groups excluding tert-OH is 1. The van der Waals surface area contributed by atoms with Crippen LogP contribution in [0.5, 0.6) is 0 Å². The van der Waals surface area contributed by atoms with Gasteiger partial charge in [-0.2, -0.15) is 0 Å². The lowest BCUT2D eigenvalue weighted by Gasteiger charge is -2.21. The van der Waals surface area contributed by atoms with E-state index in [0.29, 0.717) is 19.3 Å². The smallest absolute Gasteiger partial charge is 0.462 e. The second-order valence-electron chi connectivity index (χ2n) is 22.6. The molecule has 0 rings (SSSR count). The van der Waals surface area contributed by atoms with Gasteiger partial charge < -0.3 is 24.2 Å². The van der Waals surface area contributed by atoms with Crippen molar-refractivity contribution in [3.05, 3.63) is 97.2 Å². The highest BCUT2D eigenvalue weighted by atomic mass is 31.2. The van der Waals surface area contributed by atoms with Gasteiger partial charge in [-0.25, -0.2) is 4.57 Å². The third kappa shape index (κ3) is 62.9. The van der Waals surface area contributed by atoms with E-state index in [1.54, 1.807) is 0 Å². The fourth-order valence-electron chi connectivity index (χ4n) is 9.29. The summed E-state index contributed by atoms with van der Waals surface area (Å²) in [7, 11) is -4.77. The minimum absolute atomic E-state index is 0.147. The van der Waals surface area contributed by atoms with Crippen molar-refractivity contribution in [3.8, 4) is 0 Å². The van der Waals surface area contributed by atoms with Gasteiger partial charge in [0.15, 0.2) is 6.10 Å². The number of ether oxygens (including phenoxy) is 3. The molecule has 0 radical (unpaired) electrons. The molecule has 0 bridgehead atoms. The summed E-state index contributed by atoms with van der Waals surface area (Å²) in [6.07, 6.45) is 79.2. The van der Waals surface area contributed by atoms with Crippen molar-refractivity contribution in [1.82, 2.24) is 0 Å². The molecule has 84 heavy (non-hydrogen) atoms. The lowest BCUT2D eigenvalue weighted by Crippen LogP contribution is -2.30. The normalized spacial score (nSPS) is 13.8. The van der Waals surface area contributed by atoms with Crippen molar-refractivity contribution < 1.29 is 52.2 Å². The first-order chi connectivity index (χ1) is 41.2. The molecule has 11 nitrogen and oxygen atoms in total. The topological polar surface area (TPSA) is 155 Å². The molecule has 0 saturated carbocycles. The van der Waals surface area contributed by atoms with Gasteiger partial charge in [-0.05, 0) is 122 Å².